The number of benzene rings is 2. The van der Waals surface area contributed by atoms with Crippen LogP contribution in [0.3, 0.4) is 0 Å². The standard InChI is InChI=1S/C14H12FNO2/c15-12-5-1-10(2-6-12)9-16-13-7-3-11(4-8-13)14(17)18/h1-8,16H,9H2,(H,17,18). The summed E-state index contributed by atoms with van der Waals surface area (Å²) in [6, 6.07) is 12.7. The van der Waals surface area contributed by atoms with Gasteiger partial charge in [0, 0.05) is 12.2 Å². The molecule has 92 valence electrons. The molecule has 18 heavy (non-hydrogen) atoms. The second kappa shape index (κ2) is 5.31. The van der Waals surface area contributed by atoms with Crippen LogP contribution in [0.4, 0.5) is 10.1 Å². The van der Waals surface area contributed by atoms with E-state index in [0.717, 1.165) is 11.3 Å². The van der Waals surface area contributed by atoms with Gasteiger partial charge in [-0.05, 0) is 42.0 Å². The lowest BCUT2D eigenvalue weighted by atomic mass is 10.2. The van der Waals surface area contributed by atoms with Crippen molar-refractivity contribution in [1.82, 2.24) is 0 Å². The maximum atomic E-state index is 12.7. The van der Waals surface area contributed by atoms with E-state index in [1.807, 2.05) is 0 Å². The van der Waals surface area contributed by atoms with Gasteiger partial charge < -0.3 is 10.4 Å². The van der Waals surface area contributed by atoms with Crippen molar-refractivity contribution in [3.05, 3.63) is 65.5 Å². The van der Waals surface area contributed by atoms with Crippen molar-refractivity contribution < 1.29 is 14.3 Å². The van der Waals surface area contributed by atoms with E-state index in [1.54, 1.807) is 24.3 Å². The van der Waals surface area contributed by atoms with Crippen molar-refractivity contribution in [2.45, 2.75) is 6.54 Å². The van der Waals surface area contributed by atoms with Gasteiger partial charge in [0.15, 0.2) is 0 Å². The molecule has 0 unspecified atom stereocenters. The van der Waals surface area contributed by atoms with Crippen LogP contribution in [0, 0.1) is 5.82 Å². The lowest BCUT2D eigenvalue weighted by Gasteiger charge is -2.06. The fraction of sp³-hybridized carbons (Fsp3) is 0.0714. The Morgan fingerprint density at radius 3 is 2.22 bits per heavy atom. The number of hydrogen-bond donors (Lipinski definition) is 2. The fourth-order valence-electron chi connectivity index (χ4n) is 1.54. The van der Waals surface area contributed by atoms with E-state index in [-0.39, 0.29) is 11.4 Å². The first-order chi connectivity index (χ1) is 8.65. The van der Waals surface area contributed by atoms with E-state index >= 15 is 0 Å². The number of hydrogen-bond acceptors (Lipinski definition) is 2. The van der Waals surface area contributed by atoms with Crippen LogP contribution in [-0.4, -0.2) is 11.1 Å². The average molecular weight is 245 g/mol. The molecule has 3 nitrogen and oxygen atoms in total. The summed E-state index contributed by atoms with van der Waals surface area (Å²) >= 11 is 0. The van der Waals surface area contributed by atoms with E-state index < -0.39 is 5.97 Å². The molecule has 0 aromatic heterocycles. The number of anilines is 1. The van der Waals surface area contributed by atoms with Crippen LogP contribution in [0.2, 0.25) is 0 Å². The minimum atomic E-state index is -0.944. The summed E-state index contributed by atoms with van der Waals surface area (Å²) < 4.78 is 12.7. The lowest BCUT2D eigenvalue weighted by molar-refractivity contribution is 0.0697. The summed E-state index contributed by atoms with van der Waals surface area (Å²) in [6.45, 7) is 0.562. The van der Waals surface area contributed by atoms with Gasteiger partial charge in [0.1, 0.15) is 5.82 Å². The second-order valence-corrected chi connectivity index (χ2v) is 3.86. The van der Waals surface area contributed by atoms with Crippen LogP contribution in [-0.2, 0) is 6.54 Å². The van der Waals surface area contributed by atoms with Gasteiger partial charge >= 0.3 is 5.97 Å². The maximum absolute atomic E-state index is 12.7. The Labute approximate surface area is 104 Å². The molecular formula is C14H12FNO2. The first-order valence-corrected chi connectivity index (χ1v) is 5.47. The third kappa shape index (κ3) is 3.07. The van der Waals surface area contributed by atoms with Crippen molar-refractivity contribution in [1.29, 1.82) is 0 Å². The molecule has 0 amide bonds. The smallest absolute Gasteiger partial charge is 0.335 e. The highest BCUT2D eigenvalue weighted by molar-refractivity contribution is 5.87. The van der Waals surface area contributed by atoms with Gasteiger partial charge in [-0.25, -0.2) is 9.18 Å². The summed E-state index contributed by atoms with van der Waals surface area (Å²) in [5.74, 6) is -1.20. The quantitative estimate of drug-likeness (QED) is 0.870. The molecule has 0 aliphatic heterocycles. The molecular weight excluding hydrogens is 233 g/mol. The predicted molar refractivity (Wildman–Crippen MR) is 67.1 cm³/mol. The van der Waals surface area contributed by atoms with Crippen LogP contribution in [0.15, 0.2) is 48.5 Å². The zero-order valence-electron chi connectivity index (χ0n) is 9.56. The summed E-state index contributed by atoms with van der Waals surface area (Å²) in [7, 11) is 0. The predicted octanol–water partition coefficient (Wildman–Crippen LogP) is 3.14. The zero-order chi connectivity index (χ0) is 13.0. The Morgan fingerprint density at radius 1 is 1.06 bits per heavy atom. The molecule has 2 N–H and O–H groups in total. The Morgan fingerprint density at radius 2 is 1.67 bits per heavy atom. The summed E-state index contributed by atoms with van der Waals surface area (Å²) in [5.41, 5.74) is 2.03. The number of rotatable bonds is 4. The van der Waals surface area contributed by atoms with E-state index in [0.29, 0.717) is 6.54 Å². The van der Waals surface area contributed by atoms with Crippen molar-refractivity contribution >= 4 is 11.7 Å². The van der Waals surface area contributed by atoms with Crippen molar-refractivity contribution in [3.8, 4) is 0 Å². The average Bonchev–Trinajstić information content (AvgIpc) is 2.38. The van der Waals surface area contributed by atoms with Gasteiger partial charge in [-0.15, -0.1) is 0 Å². The van der Waals surface area contributed by atoms with Gasteiger partial charge in [-0.1, -0.05) is 12.1 Å². The van der Waals surface area contributed by atoms with Crippen molar-refractivity contribution in [3.63, 3.8) is 0 Å². The van der Waals surface area contributed by atoms with E-state index in [9.17, 15) is 9.18 Å². The summed E-state index contributed by atoms with van der Waals surface area (Å²) in [4.78, 5) is 10.7. The van der Waals surface area contributed by atoms with Gasteiger partial charge in [-0.3, -0.25) is 0 Å². The summed E-state index contributed by atoms with van der Waals surface area (Å²) in [6.07, 6.45) is 0. The Hall–Kier alpha value is -2.36. The fourth-order valence-corrected chi connectivity index (χ4v) is 1.54. The first kappa shape index (κ1) is 12.1. The third-order valence-corrected chi connectivity index (χ3v) is 2.54. The maximum Gasteiger partial charge on any atom is 0.335 e. The van der Waals surface area contributed by atoms with Gasteiger partial charge in [0.25, 0.3) is 0 Å². The molecule has 0 atom stereocenters. The lowest BCUT2D eigenvalue weighted by Crippen LogP contribution is -2.00. The minimum Gasteiger partial charge on any atom is -0.478 e. The molecule has 2 aromatic rings. The molecule has 0 spiro atoms. The number of aromatic carboxylic acids is 1. The largest absolute Gasteiger partial charge is 0.478 e. The van der Waals surface area contributed by atoms with Gasteiger partial charge in [0.2, 0.25) is 0 Å². The van der Waals surface area contributed by atoms with Crippen molar-refractivity contribution in [2.24, 2.45) is 0 Å². The van der Waals surface area contributed by atoms with Gasteiger partial charge in [0.05, 0.1) is 5.56 Å². The van der Waals surface area contributed by atoms with E-state index in [4.69, 9.17) is 5.11 Å². The van der Waals surface area contributed by atoms with Crippen LogP contribution in [0.1, 0.15) is 15.9 Å². The monoisotopic (exact) mass is 245 g/mol. The minimum absolute atomic E-state index is 0.252. The molecule has 2 rings (SSSR count). The molecule has 0 radical (unpaired) electrons. The first-order valence-electron chi connectivity index (χ1n) is 5.47. The number of carboxylic acids is 1. The molecule has 0 fully saturated rings. The number of carbonyl (C=O) groups is 1. The molecule has 0 aliphatic carbocycles. The highest BCUT2D eigenvalue weighted by atomic mass is 19.1. The molecule has 0 heterocycles. The van der Waals surface area contributed by atoms with Crippen LogP contribution in [0.5, 0.6) is 0 Å². The SMILES string of the molecule is O=C(O)c1ccc(NCc2ccc(F)cc2)cc1. The Bertz CT molecular complexity index is 535. The van der Waals surface area contributed by atoms with Crippen LogP contribution >= 0.6 is 0 Å². The highest BCUT2D eigenvalue weighted by Gasteiger charge is 2.01. The second-order valence-electron chi connectivity index (χ2n) is 3.86. The highest BCUT2D eigenvalue weighted by Crippen LogP contribution is 2.11. The molecule has 4 heteroatoms. The zero-order valence-corrected chi connectivity index (χ0v) is 9.56. The third-order valence-electron chi connectivity index (χ3n) is 2.54. The molecule has 2 aromatic carbocycles. The normalized spacial score (nSPS) is 10.1. The Kier molecular flexibility index (Phi) is 3.57. The Balaban J connectivity index is 1.97. The number of carboxylic acid groups (broad SMARTS) is 1. The molecule has 0 saturated heterocycles. The van der Waals surface area contributed by atoms with E-state index in [1.165, 1.54) is 24.3 Å². The van der Waals surface area contributed by atoms with Gasteiger partial charge in [-0.2, -0.15) is 0 Å². The topological polar surface area (TPSA) is 49.3 Å². The molecule has 0 saturated carbocycles. The van der Waals surface area contributed by atoms with Crippen LogP contribution < -0.4 is 5.32 Å². The summed E-state index contributed by atoms with van der Waals surface area (Å²) in [5, 5.41) is 11.9. The van der Waals surface area contributed by atoms with E-state index in [2.05, 4.69) is 5.32 Å². The molecule has 0 bridgehead atoms. The van der Waals surface area contributed by atoms with Crippen molar-refractivity contribution in [2.75, 3.05) is 5.32 Å². The van der Waals surface area contributed by atoms with Crippen LogP contribution in [0.25, 0.3) is 0 Å². The molecule has 0 aliphatic rings. The number of nitrogens with one attached hydrogen (secondary N) is 1. The number of halogens is 1.